The standard InChI is InChI=1S/C19H17F3N2OS/c20-19(21,22)14-4-3-5-15(10-14)24-18(25)8-9-26-12-13-11-23-17-7-2-1-6-16(13)17/h1-7,10-11,23H,8-9,12H2,(H,24,25). The number of para-hydroxylation sites is 1. The van der Waals surface area contributed by atoms with E-state index in [1.165, 1.54) is 17.7 Å². The predicted molar refractivity (Wildman–Crippen MR) is 99.2 cm³/mol. The van der Waals surface area contributed by atoms with E-state index in [9.17, 15) is 18.0 Å². The van der Waals surface area contributed by atoms with Crippen molar-refractivity contribution in [1.29, 1.82) is 0 Å². The van der Waals surface area contributed by atoms with Crippen LogP contribution in [0.3, 0.4) is 0 Å². The van der Waals surface area contributed by atoms with Crippen molar-refractivity contribution in [3.05, 3.63) is 65.9 Å². The third-order valence-electron chi connectivity index (χ3n) is 3.88. The van der Waals surface area contributed by atoms with Crippen LogP contribution in [0.25, 0.3) is 10.9 Å². The molecule has 0 saturated heterocycles. The number of nitrogens with one attached hydrogen (secondary N) is 2. The van der Waals surface area contributed by atoms with Crippen LogP contribution in [-0.4, -0.2) is 16.6 Å². The zero-order valence-corrected chi connectivity index (χ0v) is 14.6. The van der Waals surface area contributed by atoms with Gasteiger partial charge in [-0.25, -0.2) is 0 Å². The Kier molecular flexibility index (Phi) is 5.56. The highest BCUT2D eigenvalue weighted by Gasteiger charge is 2.30. The van der Waals surface area contributed by atoms with E-state index < -0.39 is 11.7 Å². The highest BCUT2D eigenvalue weighted by Crippen LogP contribution is 2.30. The lowest BCUT2D eigenvalue weighted by atomic mass is 10.2. The summed E-state index contributed by atoms with van der Waals surface area (Å²) in [4.78, 5) is 15.1. The molecule has 7 heteroatoms. The quantitative estimate of drug-likeness (QED) is 0.560. The largest absolute Gasteiger partial charge is 0.416 e. The van der Waals surface area contributed by atoms with Gasteiger partial charge in [0.1, 0.15) is 0 Å². The SMILES string of the molecule is O=C(CCSCc1c[nH]c2ccccc12)Nc1cccc(C(F)(F)F)c1. The van der Waals surface area contributed by atoms with Gasteiger partial charge in [0.25, 0.3) is 0 Å². The van der Waals surface area contributed by atoms with E-state index in [1.807, 2.05) is 30.5 Å². The summed E-state index contributed by atoms with van der Waals surface area (Å²) in [7, 11) is 0. The third-order valence-corrected chi connectivity index (χ3v) is 4.89. The lowest BCUT2D eigenvalue weighted by Gasteiger charge is -2.09. The third kappa shape index (κ3) is 4.60. The Morgan fingerprint density at radius 2 is 1.92 bits per heavy atom. The molecule has 26 heavy (non-hydrogen) atoms. The van der Waals surface area contributed by atoms with Crippen molar-refractivity contribution in [2.24, 2.45) is 0 Å². The second-order valence-corrected chi connectivity index (χ2v) is 6.89. The van der Waals surface area contributed by atoms with Crippen LogP contribution in [0.2, 0.25) is 0 Å². The summed E-state index contributed by atoms with van der Waals surface area (Å²) in [5, 5.41) is 3.68. The summed E-state index contributed by atoms with van der Waals surface area (Å²) in [6.07, 6.45) is -2.22. The van der Waals surface area contributed by atoms with Gasteiger partial charge in [-0.3, -0.25) is 4.79 Å². The maximum atomic E-state index is 12.7. The van der Waals surface area contributed by atoms with E-state index in [-0.39, 0.29) is 18.0 Å². The van der Waals surface area contributed by atoms with Gasteiger partial charge >= 0.3 is 6.18 Å². The summed E-state index contributed by atoms with van der Waals surface area (Å²) in [5.41, 5.74) is 1.63. The molecule has 0 spiro atoms. The van der Waals surface area contributed by atoms with Crippen LogP contribution in [0, 0.1) is 0 Å². The first-order valence-electron chi connectivity index (χ1n) is 8.03. The fraction of sp³-hybridized carbons (Fsp3) is 0.211. The number of rotatable bonds is 6. The lowest BCUT2D eigenvalue weighted by molar-refractivity contribution is -0.137. The molecule has 0 saturated carbocycles. The first kappa shape index (κ1) is 18.4. The van der Waals surface area contributed by atoms with Gasteiger partial charge < -0.3 is 10.3 Å². The van der Waals surface area contributed by atoms with Crippen molar-refractivity contribution in [3.8, 4) is 0 Å². The summed E-state index contributed by atoms with van der Waals surface area (Å²) in [6.45, 7) is 0. The van der Waals surface area contributed by atoms with Crippen LogP contribution in [0.5, 0.6) is 0 Å². The van der Waals surface area contributed by atoms with E-state index >= 15 is 0 Å². The summed E-state index contributed by atoms with van der Waals surface area (Å²) >= 11 is 1.61. The number of amides is 1. The number of hydrogen-bond donors (Lipinski definition) is 2. The van der Waals surface area contributed by atoms with E-state index in [4.69, 9.17) is 0 Å². The average molecular weight is 378 g/mol. The van der Waals surface area contributed by atoms with Crippen LogP contribution in [0.15, 0.2) is 54.7 Å². The molecule has 1 aromatic heterocycles. The molecular formula is C19H17F3N2OS. The number of alkyl halides is 3. The van der Waals surface area contributed by atoms with Crippen molar-refractivity contribution in [2.45, 2.75) is 18.3 Å². The highest BCUT2D eigenvalue weighted by molar-refractivity contribution is 7.98. The highest BCUT2D eigenvalue weighted by atomic mass is 32.2. The summed E-state index contributed by atoms with van der Waals surface area (Å²) in [6, 6.07) is 12.6. The normalized spacial score (nSPS) is 11.7. The Labute approximate surface area is 153 Å². The number of hydrogen-bond acceptors (Lipinski definition) is 2. The number of carbonyl (C=O) groups excluding carboxylic acids is 1. The molecule has 2 aromatic carbocycles. The Balaban J connectivity index is 1.47. The number of H-pyrrole nitrogens is 1. The van der Waals surface area contributed by atoms with Crippen molar-refractivity contribution in [3.63, 3.8) is 0 Å². The monoisotopic (exact) mass is 378 g/mol. The fourth-order valence-electron chi connectivity index (χ4n) is 2.59. The van der Waals surface area contributed by atoms with E-state index in [2.05, 4.69) is 10.3 Å². The first-order chi connectivity index (χ1) is 12.4. The number of thioether (sulfide) groups is 1. The van der Waals surface area contributed by atoms with Gasteiger partial charge in [0.05, 0.1) is 5.56 Å². The van der Waals surface area contributed by atoms with Crippen LogP contribution in [-0.2, 0) is 16.7 Å². The molecule has 3 aromatic rings. The number of benzene rings is 2. The Morgan fingerprint density at radius 3 is 2.73 bits per heavy atom. The van der Waals surface area contributed by atoms with Crippen LogP contribution < -0.4 is 5.32 Å². The maximum Gasteiger partial charge on any atom is 0.416 e. The molecule has 0 aliphatic heterocycles. The molecule has 136 valence electrons. The fourth-order valence-corrected chi connectivity index (χ4v) is 3.53. The lowest BCUT2D eigenvalue weighted by Crippen LogP contribution is -2.13. The van der Waals surface area contributed by atoms with Gasteiger partial charge in [0.15, 0.2) is 0 Å². The van der Waals surface area contributed by atoms with Crippen LogP contribution in [0.4, 0.5) is 18.9 Å². The van der Waals surface area contributed by atoms with Gasteiger partial charge in [-0.15, -0.1) is 0 Å². The summed E-state index contributed by atoms with van der Waals surface area (Å²) in [5.74, 6) is 1.06. The minimum Gasteiger partial charge on any atom is -0.361 e. The molecule has 3 rings (SSSR count). The van der Waals surface area contributed by atoms with Gasteiger partial charge in [0, 0.05) is 40.7 Å². The number of anilines is 1. The molecule has 1 heterocycles. The zero-order chi connectivity index (χ0) is 18.6. The Bertz CT molecular complexity index is 905. The number of carbonyl (C=O) groups is 1. The molecule has 0 aliphatic rings. The molecule has 0 fully saturated rings. The second-order valence-electron chi connectivity index (χ2n) is 5.79. The smallest absolute Gasteiger partial charge is 0.361 e. The van der Waals surface area contributed by atoms with Crippen LogP contribution >= 0.6 is 11.8 Å². The molecule has 0 unspecified atom stereocenters. The molecule has 0 bridgehead atoms. The number of fused-ring (bicyclic) bond motifs is 1. The molecule has 1 amide bonds. The number of aromatic amines is 1. The van der Waals surface area contributed by atoms with Crippen molar-refractivity contribution in [2.75, 3.05) is 11.1 Å². The van der Waals surface area contributed by atoms with E-state index in [1.54, 1.807) is 11.8 Å². The molecule has 3 nitrogen and oxygen atoms in total. The van der Waals surface area contributed by atoms with Crippen molar-refractivity contribution < 1.29 is 18.0 Å². The molecule has 0 atom stereocenters. The van der Waals surface area contributed by atoms with Gasteiger partial charge in [-0.05, 0) is 29.8 Å². The second kappa shape index (κ2) is 7.86. The molecular weight excluding hydrogens is 361 g/mol. The summed E-state index contributed by atoms with van der Waals surface area (Å²) < 4.78 is 38.0. The average Bonchev–Trinajstić information content (AvgIpc) is 3.01. The van der Waals surface area contributed by atoms with Crippen LogP contribution in [0.1, 0.15) is 17.5 Å². The van der Waals surface area contributed by atoms with Gasteiger partial charge in [-0.1, -0.05) is 24.3 Å². The zero-order valence-electron chi connectivity index (χ0n) is 13.8. The van der Waals surface area contributed by atoms with E-state index in [0.717, 1.165) is 28.8 Å². The Morgan fingerprint density at radius 1 is 1.12 bits per heavy atom. The minimum atomic E-state index is -4.42. The number of halogens is 3. The predicted octanol–water partition coefficient (Wildman–Crippen LogP) is 5.45. The van der Waals surface area contributed by atoms with Gasteiger partial charge in [0.2, 0.25) is 5.91 Å². The van der Waals surface area contributed by atoms with Crippen molar-refractivity contribution >= 4 is 34.3 Å². The minimum absolute atomic E-state index is 0.159. The van der Waals surface area contributed by atoms with Crippen molar-refractivity contribution in [1.82, 2.24) is 4.98 Å². The van der Waals surface area contributed by atoms with E-state index in [0.29, 0.717) is 5.75 Å². The topological polar surface area (TPSA) is 44.9 Å². The Hall–Kier alpha value is -2.41. The molecule has 0 aliphatic carbocycles. The molecule has 0 radical (unpaired) electrons. The molecule has 2 N–H and O–H groups in total. The number of aromatic nitrogens is 1. The maximum absolute atomic E-state index is 12.7. The first-order valence-corrected chi connectivity index (χ1v) is 9.19. The van der Waals surface area contributed by atoms with Gasteiger partial charge in [-0.2, -0.15) is 24.9 Å².